The number of amides is 1. The highest BCUT2D eigenvalue weighted by molar-refractivity contribution is 6.36. The van der Waals surface area contributed by atoms with Crippen molar-refractivity contribution in [3.63, 3.8) is 0 Å². The van der Waals surface area contributed by atoms with E-state index < -0.39 is 18.4 Å². The zero-order chi connectivity index (χ0) is 25.4. The van der Waals surface area contributed by atoms with Crippen molar-refractivity contribution in [3.05, 3.63) is 87.4 Å². The van der Waals surface area contributed by atoms with Gasteiger partial charge in [0.05, 0.1) is 5.02 Å². The fourth-order valence-electron chi connectivity index (χ4n) is 3.18. The van der Waals surface area contributed by atoms with Crippen LogP contribution in [0.1, 0.15) is 40.7 Å². The zero-order valence-corrected chi connectivity index (χ0v) is 20.9. The van der Waals surface area contributed by atoms with E-state index in [0.717, 1.165) is 16.9 Å². The Balaban J connectivity index is 1.38. The van der Waals surface area contributed by atoms with Crippen molar-refractivity contribution in [2.24, 2.45) is 0 Å². The standard InChI is InChI=1S/C27H25Cl2NO5/c1-17-6-7-18(2)25(14-17)35-21-11-9-20(10-12-21)30-26(32)4-3-5-27(33)34-16-24(31)22-13-8-19(28)15-23(22)29/h6-15H,3-5,16H2,1-2H3,(H,30,32). The van der Waals surface area contributed by atoms with Gasteiger partial charge >= 0.3 is 5.97 Å². The Labute approximate surface area is 214 Å². The van der Waals surface area contributed by atoms with Crippen molar-refractivity contribution < 1.29 is 23.9 Å². The molecule has 182 valence electrons. The molecule has 3 aromatic carbocycles. The molecule has 35 heavy (non-hydrogen) atoms. The Kier molecular flexibility index (Phi) is 9.29. The van der Waals surface area contributed by atoms with E-state index >= 15 is 0 Å². The number of ether oxygens (including phenoxy) is 2. The van der Waals surface area contributed by atoms with E-state index in [1.165, 1.54) is 18.2 Å². The minimum absolute atomic E-state index is 0.0116. The molecule has 0 aliphatic rings. The second kappa shape index (κ2) is 12.4. The van der Waals surface area contributed by atoms with Gasteiger partial charge in [-0.1, -0.05) is 35.3 Å². The summed E-state index contributed by atoms with van der Waals surface area (Å²) in [6.45, 7) is 3.55. The van der Waals surface area contributed by atoms with Gasteiger partial charge < -0.3 is 14.8 Å². The first-order valence-corrected chi connectivity index (χ1v) is 11.8. The molecular formula is C27H25Cl2NO5. The normalized spacial score (nSPS) is 10.5. The van der Waals surface area contributed by atoms with Gasteiger partial charge in [0.25, 0.3) is 0 Å². The molecule has 0 unspecified atom stereocenters. The molecule has 1 amide bonds. The van der Waals surface area contributed by atoms with Crippen molar-refractivity contribution in [1.29, 1.82) is 0 Å². The molecule has 8 heteroatoms. The van der Waals surface area contributed by atoms with E-state index in [-0.39, 0.29) is 35.8 Å². The number of aryl methyl sites for hydroxylation is 2. The van der Waals surface area contributed by atoms with Gasteiger partial charge in [-0.3, -0.25) is 14.4 Å². The number of hydrogen-bond donors (Lipinski definition) is 1. The lowest BCUT2D eigenvalue weighted by atomic mass is 10.1. The number of hydrogen-bond acceptors (Lipinski definition) is 5. The average Bonchev–Trinajstić information content (AvgIpc) is 2.81. The highest BCUT2D eigenvalue weighted by atomic mass is 35.5. The van der Waals surface area contributed by atoms with Crippen molar-refractivity contribution in [2.75, 3.05) is 11.9 Å². The van der Waals surface area contributed by atoms with Crippen LogP contribution in [0.2, 0.25) is 10.0 Å². The number of anilines is 1. The van der Waals surface area contributed by atoms with Gasteiger partial charge in [-0.2, -0.15) is 0 Å². The monoisotopic (exact) mass is 513 g/mol. The summed E-state index contributed by atoms with van der Waals surface area (Å²) in [5, 5.41) is 3.38. The molecule has 3 rings (SSSR count). The maximum atomic E-state index is 12.2. The van der Waals surface area contributed by atoms with Crippen LogP contribution < -0.4 is 10.1 Å². The lowest BCUT2D eigenvalue weighted by Crippen LogP contribution is -2.15. The lowest BCUT2D eigenvalue weighted by Gasteiger charge is -2.11. The maximum absolute atomic E-state index is 12.2. The van der Waals surface area contributed by atoms with E-state index in [0.29, 0.717) is 16.5 Å². The fourth-order valence-corrected chi connectivity index (χ4v) is 3.69. The number of Topliss-reactive ketones (excluding diaryl/α,β-unsaturated/α-hetero) is 1. The van der Waals surface area contributed by atoms with E-state index in [2.05, 4.69) is 5.32 Å². The fraction of sp³-hybridized carbons (Fsp3) is 0.222. The second-order valence-electron chi connectivity index (χ2n) is 8.01. The van der Waals surface area contributed by atoms with Crippen LogP contribution in [0, 0.1) is 13.8 Å². The minimum atomic E-state index is -0.566. The minimum Gasteiger partial charge on any atom is -0.457 e. The Morgan fingerprint density at radius 2 is 1.63 bits per heavy atom. The van der Waals surface area contributed by atoms with Crippen LogP contribution in [0.25, 0.3) is 0 Å². The van der Waals surface area contributed by atoms with E-state index in [1.807, 2.05) is 32.0 Å². The molecule has 0 heterocycles. The molecule has 1 N–H and O–H groups in total. The summed E-state index contributed by atoms with van der Waals surface area (Å²) in [5.41, 5.74) is 2.99. The molecule has 0 saturated carbocycles. The van der Waals surface area contributed by atoms with Crippen molar-refractivity contribution in [3.8, 4) is 11.5 Å². The van der Waals surface area contributed by atoms with Crippen LogP contribution in [-0.4, -0.2) is 24.3 Å². The van der Waals surface area contributed by atoms with E-state index in [1.54, 1.807) is 24.3 Å². The first-order chi connectivity index (χ1) is 16.7. The molecule has 0 bridgehead atoms. The van der Waals surface area contributed by atoms with Crippen LogP contribution in [0.3, 0.4) is 0 Å². The molecule has 0 fully saturated rings. The Morgan fingerprint density at radius 1 is 0.886 bits per heavy atom. The van der Waals surface area contributed by atoms with Crippen molar-refractivity contribution in [2.45, 2.75) is 33.1 Å². The van der Waals surface area contributed by atoms with Crippen molar-refractivity contribution in [1.82, 2.24) is 0 Å². The van der Waals surface area contributed by atoms with Crippen LogP contribution in [-0.2, 0) is 14.3 Å². The Hall–Kier alpha value is -3.35. The summed E-state index contributed by atoms with van der Waals surface area (Å²) in [6.07, 6.45) is 0.429. The highest BCUT2D eigenvalue weighted by Crippen LogP contribution is 2.27. The summed E-state index contributed by atoms with van der Waals surface area (Å²) in [6, 6.07) is 17.5. The number of carbonyl (C=O) groups is 3. The van der Waals surface area contributed by atoms with Gasteiger partial charge in [-0.05, 0) is 79.9 Å². The number of ketones is 1. The third kappa shape index (κ3) is 8.12. The molecule has 0 radical (unpaired) electrons. The topological polar surface area (TPSA) is 81.7 Å². The second-order valence-corrected chi connectivity index (χ2v) is 8.85. The van der Waals surface area contributed by atoms with E-state index in [9.17, 15) is 14.4 Å². The number of halogens is 2. The predicted molar refractivity (Wildman–Crippen MR) is 137 cm³/mol. The predicted octanol–water partition coefficient (Wildman–Crippen LogP) is 6.94. The SMILES string of the molecule is Cc1ccc(C)c(Oc2ccc(NC(=O)CCCC(=O)OCC(=O)c3ccc(Cl)cc3Cl)cc2)c1. The van der Waals surface area contributed by atoms with Gasteiger partial charge in [0.1, 0.15) is 11.5 Å². The Morgan fingerprint density at radius 3 is 2.34 bits per heavy atom. The molecule has 0 aliphatic carbocycles. The lowest BCUT2D eigenvalue weighted by molar-refractivity contribution is -0.142. The summed E-state index contributed by atoms with van der Waals surface area (Å²) in [5.74, 6) is 0.220. The van der Waals surface area contributed by atoms with Gasteiger partial charge in [0, 0.05) is 29.1 Å². The van der Waals surface area contributed by atoms with Crippen molar-refractivity contribution >= 4 is 46.5 Å². The molecule has 0 saturated heterocycles. The van der Waals surface area contributed by atoms with Gasteiger partial charge in [-0.15, -0.1) is 0 Å². The molecule has 0 aromatic heterocycles. The molecular weight excluding hydrogens is 489 g/mol. The third-order valence-corrected chi connectivity index (χ3v) is 5.64. The molecule has 0 atom stereocenters. The van der Waals surface area contributed by atoms with Gasteiger partial charge in [0.15, 0.2) is 6.61 Å². The number of rotatable bonds is 10. The average molecular weight is 514 g/mol. The van der Waals surface area contributed by atoms with Crippen LogP contribution >= 0.6 is 23.2 Å². The number of nitrogens with one attached hydrogen (secondary N) is 1. The third-order valence-electron chi connectivity index (χ3n) is 5.09. The maximum Gasteiger partial charge on any atom is 0.306 e. The van der Waals surface area contributed by atoms with Crippen LogP contribution in [0.5, 0.6) is 11.5 Å². The van der Waals surface area contributed by atoms with Crippen LogP contribution in [0.4, 0.5) is 5.69 Å². The van der Waals surface area contributed by atoms with Gasteiger partial charge in [-0.25, -0.2) is 0 Å². The summed E-state index contributed by atoms with van der Waals surface area (Å²) >= 11 is 11.8. The summed E-state index contributed by atoms with van der Waals surface area (Å²) in [4.78, 5) is 36.3. The molecule has 3 aromatic rings. The first-order valence-electron chi connectivity index (χ1n) is 11.0. The summed E-state index contributed by atoms with van der Waals surface area (Å²) in [7, 11) is 0. The smallest absolute Gasteiger partial charge is 0.306 e. The van der Waals surface area contributed by atoms with E-state index in [4.69, 9.17) is 32.7 Å². The van der Waals surface area contributed by atoms with Crippen LogP contribution in [0.15, 0.2) is 60.7 Å². The first kappa shape index (κ1) is 26.3. The molecule has 0 aliphatic heterocycles. The number of esters is 1. The zero-order valence-electron chi connectivity index (χ0n) is 19.4. The Bertz CT molecular complexity index is 1220. The molecule has 0 spiro atoms. The highest BCUT2D eigenvalue weighted by Gasteiger charge is 2.14. The van der Waals surface area contributed by atoms with Gasteiger partial charge in [0.2, 0.25) is 11.7 Å². The largest absolute Gasteiger partial charge is 0.457 e. The molecule has 6 nitrogen and oxygen atoms in total. The number of carbonyl (C=O) groups excluding carboxylic acids is 3. The quantitative estimate of drug-likeness (QED) is 0.234. The summed E-state index contributed by atoms with van der Waals surface area (Å²) < 4.78 is 10.9. The number of benzene rings is 3.